The summed E-state index contributed by atoms with van der Waals surface area (Å²) in [6, 6.07) is 12.2. The summed E-state index contributed by atoms with van der Waals surface area (Å²) in [4.78, 5) is 7.80. The molecule has 0 saturated heterocycles. The van der Waals surface area contributed by atoms with Gasteiger partial charge in [-0.2, -0.15) is 0 Å². The Kier molecular flexibility index (Phi) is 2.96. The topological polar surface area (TPSA) is 54.7 Å². The van der Waals surface area contributed by atoms with Gasteiger partial charge in [0.15, 0.2) is 0 Å². The molecule has 3 aromatic rings. The van der Waals surface area contributed by atoms with Gasteiger partial charge in [0.25, 0.3) is 0 Å². The van der Waals surface area contributed by atoms with Crippen LogP contribution in [0.25, 0.3) is 22.0 Å². The number of benzene rings is 1. The van der Waals surface area contributed by atoms with Gasteiger partial charge in [-0.25, -0.2) is 4.98 Å². The number of hydrogen-bond acceptors (Lipinski definition) is 3. The number of nitrogens with two attached hydrogens (primary N) is 1. The zero-order valence-electron chi connectivity index (χ0n) is 9.76. The van der Waals surface area contributed by atoms with E-state index in [0.29, 0.717) is 6.54 Å². The molecule has 0 saturated carbocycles. The number of aromatic nitrogens is 2. The summed E-state index contributed by atoms with van der Waals surface area (Å²) in [5.41, 5.74) is 9.90. The van der Waals surface area contributed by atoms with Crippen molar-refractivity contribution < 1.29 is 0 Å². The van der Waals surface area contributed by atoms with Crippen LogP contribution in [0.5, 0.6) is 0 Å². The molecular formula is C14H13N3S. The fourth-order valence-electron chi connectivity index (χ4n) is 1.80. The third-order valence-electron chi connectivity index (χ3n) is 2.81. The van der Waals surface area contributed by atoms with Crippen molar-refractivity contribution in [3.05, 3.63) is 53.5 Å². The highest BCUT2D eigenvalue weighted by Crippen LogP contribution is 2.28. The van der Waals surface area contributed by atoms with E-state index in [9.17, 15) is 0 Å². The third kappa shape index (κ3) is 2.08. The smallest absolute Gasteiger partial charge is 0.124 e. The van der Waals surface area contributed by atoms with Gasteiger partial charge in [0.2, 0.25) is 0 Å². The molecule has 18 heavy (non-hydrogen) atoms. The zero-order chi connectivity index (χ0) is 12.4. The summed E-state index contributed by atoms with van der Waals surface area (Å²) < 4.78 is 0. The summed E-state index contributed by atoms with van der Waals surface area (Å²) in [6.45, 7) is 0.575. The Morgan fingerprint density at radius 1 is 1.17 bits per heavy atom. The van der Waals surface area contributed by atoms with Crippen molar-refractivity contribution in [3.8, 4) is 22.0 Å². The number of hydrogen-bond donors (Lipinski definition) is 2. The molecular weight excluding hydrogens is 242 g/mol. The minimum atomic E-state index is 0.575. The molecule has 2 aromatic heterocycles. The molecule has 1 aromatic carbocycles. The van der Waals surface area contributed by atoms with E-state index in [1.54, 1.807) is 11.3 Å². The SMILES string of the molecule is NCc1ccc(-c2nc(-c3ccc[nH]3)cs2)cc1. The van der Waals surface area contributed by atoms with Crippen LogP contribution in [-0.4, -0.2) is 9.97 Å². The summed E-state index contributed by atoms with van der Waals surface area (Å²) in [5.74, 6) is 0. The molecule has 2 heterocycles. The van der Waals surface area contributed by atoms with Crippen molar-refractivity contribution in [1.29, 1.82) is 0 Å². The Morgan fingerprint density at radius 2 is 2.00 bits per heavy atom. The minimum Gasteiger partial charge on any atom is -0.360 e. The first-order chi connectivity index (χ1) is 8.86. The maximum atomic E-state index is 5.59. The van der Waals surface area contributed by atoms with Gasteiger partial charge in [0.1, 0.15) is 5.01 Å². The predicted molar refractivity (Wildman–Crippen MR) is 75.2 cm³/mol. The van der Waals surface area contributed by atoms with Gasteiger partial charge >= 0.3 is 0 Å². The monoisotopic (exact) mass is 255 g/mol. The molecule has 0 aliphatic carbocycles. The lowest BCUT2D eigenvalue weighted by Crippen LogP contribution is -1.95. The first kappa shape index (κ1) is 11.2. The summed E-state index contributed by atoms with van der Waals surface area (Å²) in [6.07, 6.45) is 1.91. The second-order valence-corrected chi connectivity index (χ2v) is 4.88. The van der Waals surface area contributed by atoms with Crippen molar-refractivity contribution >= 4 is 11.3 Å². The zero-order valence-corrected chi connectivity index (χ0v) is 10.6. The number of aromatic amines is 1. The Bertz CT molecular complexity index is 623. The average molecular weight is 255 g/mol. The van der Waals surface area contributed by atoms with E-state index < -0.39 is 0 Å². The number of rotatable bonds is 3. The Hall–Kier alpha value is -1.91. The molecule has 3 nitrogen and oxygen atoms in total. The van der Waals surface area contributed by atoms with Crippen LogP contribution in [0.3, 0.4) is 0 Å². The third-order valence-corrected chi connectivity index (χ3v) is 3.71. The number of H-pyrrole nitrogens is 1. The van der Waals surface area contributed by atoms with Crippen molar-refractivity contribution in [2.75, 3.05) is 0 Å². The molecule has 4 heteroatoms. The van der Waals surface area contributed by atoms with Crippen molar-refractivity contribution in [3.63, 3.8) is 0 Å². The van der Waals surface area contributed by atoms with E-state index in [0.717, 1.165) is 27.5 Å². The van der Waals surface area contributed by atoms with Crippen LogP contribution in [0.15, 0.2) is 48.0 Å². The molecule has 0 spiro atoms. The fraction of sp³-hybridized carbons (Fsp3) is 0.0714. The molecule has 0 bridgehead atoms. The summed E-state index contributed by atoms with van der Waals surface area (Å²) >= 11 is 1.65. The van der Waals surface area contributed by atoms with E-state index >= 15 is 0 Å². The summed E-state index contributed by atoms with van der Waals surface area (Å²) in [7, 11) is 0. The van der Waals surface area contributed by atoms with Crippen LogP contribution in [0.1, 0.15) is 5.56 Å². The van der Waals surface area contributed by atoms with E-state index in [1.807, 2.05) is 30.5 Å². The molecule has 0 aliphatic heterocycles. The Balaban J connectivity index is 1.92. The van der Waals surface area contributed by atoms with Gasteiger partial charge in [-0.15, -0.1) is 11.3 Å². The van der Waals surface area contributed by atoms with Gasteiger partial charge in [0.05, 0.1) is 11.4 Å². The average Bonchev–Trinajstić information content (AvgIpc) is 3.09. The van der Waals surface area contributed by atoms with Crippen molar-refractivity contribution in [2.45, 2.75) is 6.54 Å². The second-order valence-electron chi connectivity index (χ2n) is 4.02. The molecule has 0 atom stereocenters. The molecule has 0 radical (unpaired) electrons. The van der Waals surface area contributed by atoms with Gasteiger partial charge in [0, 0.05) is 23.7 Å². The van der Waals surface area contributed by atoms with E-state index in [4.69, 9.17) is 5.73 Å². The maximum Gasteiger partial charge on any atom is 0.124 e. The van der Waals surface area contributed by atoms with Gasteiger partial charge in [-0.05, 0) is 17.7 Å². The Labute approximate surface area is 109 Å². The molecule has 3 rings (SSSR count). The van der Waals surface area contributed by atoms with E-state index in [2.05, 4.69) is 27.5 Å². The van der Waals surface area contributed by atoms with E-state index in [1.165, 1.54) is 0 Å². The molecule has 0 amide bonds. The molecule has 90 valence electrons. The molecule has 0 fully saturated rings. The summed E-state index contributed by atoms with van der Waals surface area (Å²) in [5, 5.41) is 3.10. The van der Waals surface area contributed by atoms with Crippen molar-refractivity contribution in [1.82, 2.24) is 9.97 Å². The van der Waals surface area contributed by atoms with Crippen LogP contribution in [0.4, 0.5) is 0 Å². The molecule has 0 aliphatic rings. The lowest BCUT2D eigenvalue weighted by atomic mass is 10.1. The number of nitrogens with zero attached hydrogens (tertiary/aromatic N) is 1. The largest absolute Gasteiger partial charge is 0.360 e. The lowest BCUT2D eigenvalue weighted by Gasteiger charge is -1.98. The number of nitrogens with one attached hydrogen (secondary N) is 1. The normalized spacial score (nSPS) is 10.7. The van der Waals surface area contributed by atoms with E-state index in [-0.39, 0.29) is 0 Å². The highest BCUT2D eigenvalue weighted by molar-refractivity contribution is 7.13. The predicted octanol–water partition coefficient (Wildman–Crippen LogP) is 3.26. The van der Waals surface area contributed by atoms with Crippen molar-refractivity contribution in [2.24, 2.45) is 5.73 Å². The first-order valence-electron chi connectivity index (χ1n) is 5.75. The van der Waals surface area contributed by atoms with Crippen LogP contribution < -0.4 is 5.73 Å². The molecule has 0 unspecified atom stereocenters. The highest BCUT2D eigenvalue weighted by Gasteiger charge is 2.06. The lowest BCUT2D eigenvalue weighted by molar-refractivity contribution is 1.07. The van der Waals surface area contributed by atoms with Crippen LogP contribution in [0, 0.1) is 0 Å². The minimum absolute atomic E-state index is 0.575. The van der Waals surface area contributed by atoms with Crippen LogP contribution in [-0.2, 0) is 6.54 Å². The van der Waals surface area contributed by atoms with Gasteiger partial charge < -0.3 is 10.7 Å². The maximum absolute atomic E-state index is 5.59. The molecule has 3 N–H and O–H groups in total. The standard InChI is InChI=1S/C14H13N3S/c15-8-10-3-5-11(6-4-10)14-17-13(9-18-14)12-2-1-7-16-12/h1-7,9,16H,8,15H2. The van der Waals surface area contributed by atoms with Crippen LogP contribution in [0.2, 0.25) is 0 Å². The van der Waals surface area contributed by atoms with Crippen LogP contribution >= 0.6 is 11.3 Å². The quantitative estimate of drug-likeness (QED) is 0.754. The number of thiazole rings is 1. The highest BCUT2D eigenvalue weighted by atomic mass is 32.1. The first-order valence-corrected chi connectivity index (χ1v) is 6.63. The second kappa shape index (κ2) is 4.76. The fourth-order valence-corrected chi connectivity index (χ4v) is 2.63. The van der Waals surface area contributed by atoms with Gasteiger partial charge in [-0.3, -0.25) is 0 Å². The van der Waals surface area contributed by atoms with Gasteiger partial charge in [-0.1, -0.05) is 24.3 Å². The Morgan fingerprint density at radius 3 is 2.67 bits per heavy atom.